The number of fused-ring (bicyclic) bond motifs is 1. The van der Waals surface area contributed by atoms with E-state index in [1.54, 1.807) is 24.3 Å². The van der Waals surface area contributed by atoms with Gasteiger partial charge in [-0.15, -0.1) is 0 Å². The molecule has 0 aliphatic rings. The molecule has 28 heavy (non-hydrogen) atoms. The number of furan rings is 1. The fourth-order valence-corrected chi connectivity index (χ4v) is 3.08. The van der Waals surface area contributed by atoms with Crippen LogP contribution in [0.2, 0.25) is 5.02 Å². The molecule has 146 valence electrons. The monoisotopic (exact) mass is 398 g/mol. The minimum atomic E-state index is -0.671. The summed E-state index contributed by atoms with van der Waals surface area (Å²) in [5, 5.41) is 7.28. The summed E-state index contributed by atoms with van der Waals surface area (Å²) in [4.78, 5) is 25.3. The predicted octanol–water partition coefficient (Wildman–Crippen LogP) is 4.72. The zero-order valence-corrected chi connectivity index (χ0v) is 16.8. The Kier molecular flexibility index (Phi) is 6.05. The van der Waals surface area contributed by atoms with Gasteiger partial charge in [0, 0.05) is 16.0 Å². The van der Waals surface area contributed by atoms with Crippen molar-refractivity contribution in [2.75, 3.05) is 0 Å². The number of amides is 2. The van der Waals surface area contributed by atoms with E-state index in [0.29, 0.717) is 16.3 Å². The minimum absolute atomic E-state index is 0.0841. The maximum Gasteiger partial charge on any atom is 0.251 e. The summed E-state index contributed by atoms with van der Waals surface area (Å²) >= 11 is 5.86. The lowest BCUT2D eigenvalue weighted by atomic mass is 10.0. The quantitative estimate of drug-likeness (QED) is 0.631. The van der Waals surface area contributed by atoms with Gasteiger partial charge in [-0.25, -0.2) is 0 Å². The molecule has 6 heteroatoms. The molecule has 2 amide bonds. The fourth-order valence-electron chi connectivity index (χ4n) is 2.95. The highest BCUT2D eigenvalue weighted by molar-refractivity contribution is 6.30. The molecule has 3 aromatic rings. The number of benzene rings is 2. The molecular formula is C22H23ClN2O3. The SMILES string of the molecule is CC(C)[C@@H](NC(=O)c1ccc(Cl)cc1)C(=O)N[C@H](C)c1cc2ccccc2o1. The van der Waals surface area contributed by atoms with Crippen LogP contribution < -0.4 is 10.6 Å². The van der Waals surface area contributed by atoms with Crippen LogP contribution in [0, 0.1) is 5.92 Å². The van der Waals surface area contributed by atoms with Crippen molar-refractivity contribution in [1.29, 1.82) is 0 Å². The molecule has 3 rings (SSSR count). The minimum Gasteiger partial charge on any atom is -0.459 e. The smallest absolute Gasteiger partial charge is 0.251 e. The predicted molar refractivity (Wildman–Crippen MR) is 110 cm³/mol. The van der Waals surface area contributed by atoms with E-state index >= 15 is 0 Å². The third-order valence-electron chi connectivity index (χ3n) is 4.57. The first-order valence-electron chi connectivity index (χ1n) is 9.20. The average Bonchev–Trinajstić information content (AvgIpc) is 3.10. The van der Waals surface area contributed by atoms with Gasteiger partial charge in [0.15, 0.2) is 0 Å². The number of rotatable bonds is 6. The lowest BCUT2D eigenvalue weighted by Gasteiger charge is -2.23. The van der Waals surface area contributed by atoms with Crippen molar-refractivity contribution < 1.29 is 14.0 Å². The van der Waals surface area contributed by atoms with Gasteiger partial charge < -0.3 is 15.1 Å². The second-order valence-electron chi connectivity index (χ2n) is 7.12. The second kappa shape index (κ2) is 8.48. The highest BCUT2D eigenvalue weighted by Gasteiger charge is 2.26. The fraction of sp³-hybridized carbons (Fsp3) is 0.273. The van der Waals surface area contributed by atoms with E-state index < -0.39 is 6.04 Å². The Morgan fingerprint density at radius 3 is 2.29 bits per heavy atom. The molecule has 5 nitrogen and oxygen atoms in total. The zero-order chi connectivity index (χ0) is 20.3. The molecule has 2 atom stereocenters. The Hall–Kier alpha value is -2.79. The first-order chi connectivity index (χ1) is 13.3. The molecule has 0 radical (unpaired) electrons. The number of para-hydroxylation sites is 1. The van der Waals surface area contributed by atoms with E-state index in [4.69, 9.17) is 16.0 Å². The molecule has 0 fully saturated rings. The number of nitrogens with one attached hydrogen (secondary N) is 2. The van der Waals surface area contributed by atoms with Crippen molar-refractivity contribution in [2.45, 2.75) is 32.9 Å². The Morgan fingerprint density at radius 2 is 1.64 bits per heavy atom. The molecule has 0 unspecified atom stereocenters. The summed E-state index contributed by atoms with van der Waals surface area (Å²) in [6.07, 6.45) is 0. The van der Waals surface area contributed by atoms with Gasteiger partial charge in [-0.3, -0.25) is 9.59 Å². The van der Waals surface area contributed by atoms with Gasteiger partial charge in [0.25, 0.3) is 5.91 Å². The Balaban J connectivity index is 1.69. The zero-order valence-electron chi connectivity index (χ0n) is 16.0. The lowest BCUT2D eigenvalue weighted by Crippen LogP contribution is -2.50. The van der Waals surface area contributed by atoms with Crippen LogP contribution in [-0.4, -0.2) is 17.9 Å². The van der Waals surface area contributed by atoms with Gasteiger partial charge in [-0.05, 0) is 49.2 Å². The van der Waals surface area contributed by atoms with Gasteiger partial charge in [0.2, 0.25) is 5.91 Å². The summed E-state index contributed by atoms with van der Waals surface area (Å²) in [5.74, 6) is 0.00684. The topological polar surface area (TPSA) is 71.3 Å². The number of halogens is 1. The van der Waals surface area contributed by atoms with Crippen molar-refractivity contribution in [3.05, 3.63) is 70.9 Å². The molecule has 2 N–H and O–H groups in total. The Labute approximate surface area is 169 Å². The van der Waals surface area contributed by atoms with Crippen molar-refractivity contribution in [2.24, 2.45) is 5.92 Å². The molecule has 0 bridgehead atoms. The molecule has 0 spiro atoms. The lowest BCUT2D eigenvalue weighted by molar-refractivity contribution is -0.124. The molecule has 1 heterocycles. The summed E-state index contributed by atoms with van der Waals surface area (Å²) in [7, 11) is 0. The van der Waals surface area contributed by atoms with E-state index in [-0.39, 0.29) is 23.8 Å². The second-order valence-corrected chi connectivity index (χ2v) is 7.56. The van der Waals surface area contributed by atoms with Crippen molar-refractivity contribution in [1.82, 2.24) is 10.6 Å². The highest BCUT2D eigenvalue weighted by atomic mass is 35.5. The summed E-state index contributed by atoms with van der Waals surface area (Å²) in [5.41, 5.74) is 1.23. The normalized spacial score (nSPS) is 13.3. The van der Waals surface area contributed by atoms with Gasteiger partial charge in [0.1, 0.15) is 17.4 Å². The maximum absolute atomic E-state index is 12.8. The average molecular weight is 399 g/mol. The summed E-state index contributed by atoms with van der Waals surface area (Å²) in [6, 6.07) is 15.1. The largest absolute Gasteiger partial charge is 0.459 e. The third-order valence-corrected chi connectivity index (χ3v) is 4.82. The molecule has 1 aromatic heterocycles. The van der Waals surface area contributed by atoms with Crippen molar-refractivity contribution in [3.8, 4) is 0 Å². The van der Waals surface area contributed by atoms with Gasteiger partial charge in [0.05, 0.1) is 6.04 Å². The standard InChI is InChI=1S/C22H23ClN2O3/c1-13(2)20(25-21(26)15-8-10-17(23)11-9-15)22(27)24-14(3)19-12-16-6-4-5-7-18(16)28-19/h4-14,20H,1-3H3,(H,24,27)(H,25,26)/t14-,20-/m1/s1. The molecule has 2 aromatic carbocycles. The highest BCUT2D eigenvalue weighted by Crippen LogP contribution is 2.23. The molecule has 0 saturated heterocycles. The third kappa shape index (κ3) is 4.54. The Bertz CT molecular complexity index is 946. The van der Waals surface area contributed by atoms with E-state index in [9.17, 15) is 9.59 Å². The maximum atomic E-state index is 12.8. The van der Waals surface area contributed by atoms with Crippen LogP contribution in [0.4, 0.5) is 0 Å². The Morgan fingerprint density at radius 1 is 0.964 bits per heavy atom. The van der Waals surface area contributed by atoms with Gasteiger partial charge in [-0.1, -0.05) is 43.6 Å². The van der Waals surface area contributed by atoms with Gasteiger partial charge in [-0.2, -0.15) is 0 Å². The van der Waals surface area contributed by atoms with E-state index in [2.05, 4.69) is 10.6 Å². The van der Waals surface area contributed by atoms with Crippen LogP contribution in [0.1, 0.15) is 42.9 Å². The number of hydrogen-bond acceptors (Lipinski definition) is 3. The van der Waals surface area contributed by atoms with Crippen molar-refractivity contribution >= 4 is 34.4 Å². The van der Waals surface area contributed by atoms with Crippen LogP contribution in [-0.2, 0) is 4.79 Å². The molecular weight excluding hydrogens is 376 g/mol. The van der Waals surface area contributed by atoms with E-state index in [1.165, 1.54) is 0 Å². The van der Waals surface area contributed by atoms with Crippen LogP contribution >= 0.6 is 11.6 Å². The van der Waals surface area contributed by atoms with Crippen molar-refractivity contribution in [3.63, 3.8) is 0 Å². The first-order valence-corrected chi connectivity index (χ1v) is 9.58. The van der Waals surface area contributed by atoms with Crippen LogP contribution in [0.5, 0.6) is 0 Å². The van der Waals surface area contributed by atoms with Crippen LogP contribution in [0.25, 0.3) is 11.0 Å². The molecule has 0 aliphatic heterocycles. The molecule has 0 saturated carbocycles. The number of hydrogen-bond donors (Lipinski definition) is 2. The van der Waals surface area contributed by atoms with E-state index in [0.717, 1.165) is 11.0 Å². The molecule has 0 aliphatic carbocycles. The number of carbonyl (C=O) groups is 2. The van der Waals surface area contributed by atoms with Crippen LogP contribution in [0.3, 0.4) is 0 Å². The van der Waals surface area contributed by atoms with Crippen LogP contribution in [0.15, 0.2) is 59.0 Å². The first kappa shape index (κ1) is 20.0. The number of carbonyl (C=O) groups excluding carboxylic acids is 2. The van der Waals surface area contributed by atoms with Gasteiger partial charge >= 0.3 is 0 Å². The summed E-state index contributed by atoms with van der Waals surface area (Å²) in [6.45, 7) is 5.63. The summed E-state index contributed by atoms with van der Waals surface area (Å²) < 4.78 is 5.82. The van der Waals surface area contributed by atoms with E-state index in [1.807, 2.05) is 51.1 Å².